The maximum Gasteiger partial charge on any atom is 0.416 e. The van der Waals surface area contributed by atoms with E-state index in [2.05, 4.69) is 32.2 Å². The highest BCUT2D eigenvalue weighted by atomic mass is 19.4. The van der Waals surface area contributed by atoms with Gasteiger partial charge in [0.15, 0.2) is 5.65 Å². The Labute approximate surface area is 227 Å². The number of hydrogen-bond acceptors (Lipinski definition) is 6. The number of anilines is 1. The molecule has 0 aliphatic carbocycles. The van der Waals surface area contributed by atoms with E-state index < -0.39 is 17.6 Å². The smallest absolute Gasteiger partial charge is 0.340 e. The number of halogens is 3. The van der Waals surface area contributed by atoms with Gasteiger partial charge in [-0.05, 0) is 41.8 Å². The van der Waals surface area contributed by atoms with Gasteiger partial charge in [-0.25, -0.2) is 9.50 Å². The molecule has 4 aromatic rings. The molecule has 0 spiro atoms. The largest absolute Gasteiger partial charge is 0.416 e. The third-order valence-corrected chi connectivity index (χ3v) is 6.50. The normalized spacial score (nSPS) is 14.1. The molecule has 12 heteroatoms. The van der Waals surface area contributed by atoms with Crippen LogP contribution in [0.25, 0.3) is 5.65 Å². The molecule has 1 N–H and O–H groups in total. The summed E-state index contributed by atoms with van der Waals surface area (Å²) in [5.41, 5.74) is 1.06. The van der Waals surface area contributed by atoms with Crippen molar-refractivity contribution in [1.82, 2.24) is 29.4 Å². The molecule has 0 bridgehead atoms. The van der Waals surface area contributed by atoms with E-state index in [-0.39, 0.29) is 29.3 Å². The number of carbonyl (C=O) groups excluding carboxylic acids is 2. The first-order chi connectivity index (χ1) is 19.2. The lowest BCUT2D eigenvalue weighted by molar-refractivity contribution is -0.138. The first-order valence-electron chi connectivity index (χ1n) is 12.4. The fourth-order valence-corrected chi connectivity index (χ4v) is 4.40. The third-order valence-electron chi connectivity index (χ3n) is 6.50. The predicted molar refractivity (Wildman–Crippen MR) is 140 cm³/mol. The first kappa shape index (κ1) is 26.8. The molecule has 4 heterocycles. The number of rotatable bonds is 4. The van der Waals surface area contributed by atoms with Crippen LogP contribution in [-0.4, -0.2) is 67.4 Å². The van der Waals surface area contributed by atoms with Gasteiger partial charge in [-0.15, -0.1) is 0 Å². The minimum absolute atomic E-state index is 0.00997. The number of nitrogens with zero attached hydrogens (tertiary/aromatic N) is 6. The number of alkyl halides is 3. The zero-order valence-corrected chi connectivity index (χ0v) is 21.4. The van der Waals surface area contributed by atoms with Crippen LogP contribution < -0.4 is 5.32 Å². The van der Waals surface area contributed by atoms with Crippen molar-refractivity contribution >= 4 is 23.1 Å². The second-order valence-electron chi connectivity index (χ2n) is 9.26. The van der Waals surface area contributed by atoms with E-state index in [0.717, 1.165) is 6.07 Å². The molecule has 3 aromatic heterocycles. The summed E-state index contributed by atoms with van der Waals surface area (Å²) < 4.78 is 43.4. The number of fused-ring (bicyclic) bond motifs is 1. The van der Waals surface area contributed by atoms with Gasteiger partial charge in [0.2, 0.25) is 5.91 Å². The zero-order chi connectivity index (χ0) is 28.3. The molecule has 1 fully saturated rings. The van der Waals surface area contributed by atoms with Gasteiger partial charge in [0.25, 0.3) is 5.91 Å². The molecular weight excluding hydrogens is 523 g/mol. The van der Waals surface area contributed by atoms with Gasteiger partial charge in [0, 0.05) is 69.5 Å². The van der Waals surface area contributed by atoms with Crippen molar-refractivity contribution < 1.29 is 22.8 Å². The monoisotopic (exact) mass is 547 g/mol. The molecule has 2 amide bonds. The molecule has 1 aliphatic rings. The number of nitrogens with one attached hydrogen (secondary N) is 1. The maximum atomic E-state index is 13.9. The van der Waals surface area contributed by atoms with Crippen LogP contribution in [-0.2, 0) is 17.5 Å². The van der Waals surface area contributed by atoms with Gasteiger partial charge in [-0.1, -0.05) is 12.0 Å². The molecule has 0 radical (unpaired) electrons. The zero-order valence-electron chi connectivity index (χ0n) is 21.4. The SMILES string of the molecule is CC(=O)N1CCN(Cc2ccc(NC(=O)c3cncc(C#Cc4cnc5cccnn45)c3)cc2C(F)(F)F)CC1. The summed E-state index contributed by atoms with van der Waals surface area (Å²) in [6, 6.07) is 8.82. The quantitative estimate of drug-likeness (QED) is 0.394. The third kappa shape index (κ3) is 6.10. The Hall–Kier alpha value is -4.76. The Kier molecular flexibility index (Phi) is 7.48. The van der Waals surface area contributed by atoms with Crippen LogP contribution in [0.5, 0.6) is 0 Å². The number of piperazine rings is 1. The van der Waals surface area contributed by atoms with E-state index in [1.54, 1.807) is 33.9 Å². The van der Waals surface area contributed by atoms with Crippen LogP contribution in [0.4, 0.5) is 18.9 Å². The molecule has 9 nitrogen and oxygen atoms in total. The van der Waals surface area contributed by atoms with E-state index in [1.807, 2.05) is 4.90 Å². The highest BCUT2D eigenvalue weighted by Crippen LogP contribution is 2.34. The van der Waals surface area contributed by atoms with Gasteiger partial charge >= 0.3 is 6.18 Å². The van der Waals surface area contributed by atoms with Crippen LogP contribution in [0.1, 0.15) is 39.7 Å². The molecule has 1 aromatic carbocycles. The van der Waals surface area contributed by atoms with Crippen LogP contribution in [0.15, 0.2) is 61.2 Å². The molecule has 0 saturated carbocycles. The van der Waals surface area contributed by atoms with Crippen molar-refractivity contribution in [2.45, 2.75) is 19.6 Å². The number of pyridine rings is 1. The minimum Gasteiger partial charge on any atom is -0.340 e. The van der Waals surface area contributed by atoms with E-state index in [0.29, 0.717) is 43.1 Å². The summed E-state index contributed by atoms with van der Waals surface area (Å²) in [4.78, 5) is 36.2. The summed E-state index contributed by atoms with van der Waals surface area (Å²) in [7, 11) is 0. The fourth-order valence-electron chi connectivity index (χ4n) is 4.40. The minimum atomic E-state index is -4.61. The van der Waals surface area contributed by atoms with Crippen LogP contribution in [0, 0.1) is 11.8 Å². The van der Waals surface area contributed by atoms with E-state index in [4.69, 9.17) is 0 Å². The van der Waals surface area contributed by atoms with Crippen molar-refractivity contribution in [3.05, 3.63) is 89.1 Å². The lowest BCUT2D eigenvalue weighted by Gasteiger charge is -2.34. The molecule has 204 valence electrons. The van der Waals surface area contributed by atoms with E-state index in [9.17, 15) is 22.8 Å². The molecular formula is C28H24F3N7O2. The highest BCUT2D eigenvalue weighted by Gasteiger charge is 2.34. The van der Waals surface area contributed by atoms with Crippen molar-refractivity contribution in [1.29, 1.82) is 0 Å². The predicted octanol–water partition coefficient (Wildman–Crippen LogP) is 3.46. The number of carbonyl (C=O) groups is 2. The first-order valence-corrected chi connectivity index (χ1v) is 12.4. The summed E-state index contributed by atoms with van der Waals surface area (Å²) in [5, 5.41) is 6.73. The summed E-state index contributed by atoms with van der Waals surface area (Å²) >= 11 is 0. The molecule has 1 aliphatic heterocycles. The average Bonchev–Trinajstić information content (AvgIpc) is 3.36. The van der Waals surface area contributed by atoms with Gasteiger partial charge in [0.1, 0.15) is 5.69 Å². The fraction of sp³-hybridized carbons (Fsp3) is 0.250. The Balaban J connectivity index is 1.30. The van der Waals surface area contributed by atoms with Gasteiger partial charge in [0.05, 0.1) is 17.3 Å². The summed E-state index contributed by atoms with van der Waals surface area (Å²) in [5.74, 6) is 5.19. The van der Waals surface area contributed by atoms with Crippen molar-refractivity contribution in [3.8, 4) is 11.8 Å². The van der Waals surface area contributed by atoms with Gasteiger partial charge in [-0.3, -0.25) is 19.5 Å². The number of imidazole rings is 1. The maximum absolute atomic E-state index is 13.9. The van der Waals surface area contributed by atoms with Crippen molar-refractivity contribution in [2.75, 3.05) is 31.5 Å². The Morgan fingerprint density at radius 1 is 1.02 bits per heavy atom. The molecule has 5 rings (SSSR count). The Morgan fingerprint density at radius 3 is 2.58 bits per heavy atom. The van der Waals surface area contributed by atoms with E-state index in [1.165, 1.54) is 37.5 Å². The van der Waals surface area contributed by atoms with Gasteiger partial charge in [-0.2, -0.15) is 18.3 Å². The topological polar surface area (TPSA) is 95.7 Å². The molecule has 40 heavy (non-hydrogen) atoms. The second kappa shape index (κ2) is 11.2. The highest BCUT2D eigenvalue weighted by molar-refractivity contribution is 6.04. The number of aromatic nitrogens is 4. The average molecular weight is 548 g/mol. The van der Waals surface area contributed by atoms with Crippen LogP contribution >= 0.6 is 0 Å². The lowest BCUT2D eigenvalue weighted by atomic mass is 10.0. The van der Waals surface area contributed by atoms with E-state index >= 15 is 0 Å². The Bertz CT molecular complexity index is 1630. The molecule has 0 unspecified atom stereocenters. The molecule has 0 atom stereocenters. The van der Waals surface area contributed by atoms with Crippen molar-refractivity contribution in [2.24, 2.45) is 0 Å². The number of hydrogen-bond donors (Lipinski definition) is 1. The molecule has 1 saturated heterocycles. The Morgan fingerprint density at radius 2 is 1.82 bits per heavy atom. The standard InChI is InChI=1S/C28H24F3N7O2/c1-19(39)37-11-9-36(10-12-37)18-21-5-6-23(14-25(21)28(29,30)31)35-27(40)22-13-20(15-32-16-22)4-7-24-17-33-26-3-2-8-34-38(24)26/h2-3,5-6,8,13-17H,9-12,18H2,1H3,(H,35,40). The van der Waals surface area contributed by atoms with Crippen LogP contribution in [0.2, 0.25) is 0 Å². The van der Waals surface area contributed by atoms with Gasteiger partial charge < -0.3 is 10.2 Å². The second-order valence-corrected chi connectivity index (χ2v) is 9.26. The number of benzene rings is 1. The number of amides is 2. The summed E-state index contributed by atoms with van der Waals surface area (Å²) in [6.45, 7) is 3.47. The lowest BCUT2D eigenvalue weighted by Crippen LogP contribution is -2.47. The van der Waals surface area contributed by atoms with Crippen molar-refractivity contribution in [3.63, 3.8) is 0 Å². The summed E-state index contributed by atoms with van der Waals surface area (Å²) in [6.07, 6.45) is 1.37. The van der Waals surface area contributed by atoms with Crippen LogP contribution in [0.3, 0.4) is 0 Å².